The molecule has 0 spiro atoms. The van der Waals surface area contributed by atoms with Gasteiger partial charge in [0.2, 0.25) is 0 Å². The van der Waals surface area contributed by atoms with E-state index in [0.717, 1.165) is 29.0 Å². The Bertz CT molecular complexity index is 910. The lowest BCUT2D eigenvalue weighted by Gasteiger charge is -2.14. The topological polar surface area (TPSA) is 29.9 Å². The minimum absolute atomic E-state index is 0.355. The van der Waals surface area contributed by atoms with Gasteiger partial charge in [0.05, 0.1) is 17.6 Å². The van der Waals surface area contributed by atoms with Gasteiger partial charge < -0.3 is 9.88 Å². The number of anilines is 2. The molecule has 25 heavy (non-hydrogen) atoms. The van der Waals surface area contributed by atoms with Crippen LogP contribution in [0.5, 0.6) is 0 Å². The van der Waals surface area contributed by atoms with Gasteiger partial charge in [-0.2, -0.15) is 13.2 Å². The Labute approximate surface area is 143 Å². The first-order valence-electron chi connectivity index (χ1n) is 7.56. The van der Waals surface area contributed by atoms with Gasteiger partial charge in [0.1, 0.15) is 0 Å². The summed E-state index contributed by atoms with van der Waals surface area (Å²) in [4.78, 5) is 4.32. The van der Waals surface area contributed by atoms with E-state index in [1.54, 1.807) is 18.5 Å². The fraction of sp³-hybridized carbons (Fsp3) is 0.105. The molecule has 0 saturated carbocycles. The zero-order valence-electron chi connectivity index (χ0n) is 13.5. The average molecular weight is 343 g/mol. The Kier molecular flexibility index (Phi) is 4.35. The number of hydrogen-bond donors (Lipinski definition) is 1. The third-order valence-electron chi connectivity index (χ3n) is 3.73. The van der Waals surface area contributed by atoms with Crippen LogP contribution in [0.3, 0.4) is 0 Å². The number of benzene rings is 2. The van der Waals surface area contributed by atoms with Crippen molar-refractivity contribution < 1.29 is 13.2 Å². The summed E-state index contributed by atoms with van der Waals surface area (Å²) in [6.45, 7) is 3.74. The van der Waals surface area contributed by atoms with E-state index in [4.69, 9.17) is 0 Å². The zero-order valence-corrected chi connectivity index (χ0v) is 13.5. The molecule has 0 aliphatic carbocycles. The monoisotopic (exact) mass is 343 g/mol. The van der Waals surface area contributed by atoms with Crippen LogP contribution in [0.2, 0.25) is 0 Å². The number of hydrogen-bond acceptors (Lipinski definition) is 2. The summed E-state index contributed by atoms with van der Waals surface area (Å²) >= 11 is 0. The van der Waals surface area contributed by atoms with E-state index in [0.29, 0.717) is 11.4 Å². The van der Waals surface area contributed by atoms with Crippen molar-refractivity contribution in [2.24, 2.45) is 7.05 Å². The molecule has 1 N–H and O–H groups in total. The Morgan fingerprint density at radius 2 is 1.96 bits per heavy atom. The molecule has 0 bridgehead atoms. The van der Waals surface area contributed by atoms with Crippen molar-refractivity contribution in [1.29, 1.82) is 0 Å². The molecular weight excluding hydrogens is 327 g/mol. The van der Waals surface area contributed by atoms with Gasteiger partial charge in [-0.15, -0.1) is 0 Å². The summed E-state index contributed by atoms with van der Waals surface area (Å²) in [6.07, 6.45) is 0.815. The highest BCUT2D eigenvalue weighted by Crippen LogP contribution is 2.34. The van der Waals surface area contributed by atoms with Crippen LogP contribution in [0.15, 0.2) is 61.6 Å². The summed E-state index contributed by atoms with van der Waals surface area (Å²) in [6, 6.07) is 10.7. The lowest BCUT2D eigenvalue weighted by molar-refractivity contribution is -0.137. The summed E-state index contributed by atoms with van der Waals surface area (Å²) in [5.41, 5.74) is 2.70. The summed E-state index contributed by atoms with van der Waals surface area (Å²) in [7, 11) is 1.86. The Morgan fingerprint density at radius 3 is 2.60 bits per heavy atom. The van der Waals surface area contributed by atoms with Crippen LogP contribution in [-0.2, 0) is 13.2 Å². The van der Waals surface area contributed by atoms with Gasteiger partial charge in [0.25, 0.3) is 0 Å². The molecule has 0 unspecified atom stereocenters. The van der Waals surface area contributed by atoms with Gasteiger partial charge >= 0.3 is 6.18 Å². The minimum atomic E-state index is -4.38. The first-order valence-corrected chi connectivity index (χ1v) is 7.56. The summed E-state index contributed by atoms with van der Waals surface area (Å²) in [5.74, 6) is 0. The molecule has 0 amide bonds. The van der Waals surface area contributed by atoms with E-state index in [2.05, 4.69) is 16.9 Å². The molecule has 128 valence electrons. The molecule has 3 rings (SSSR count). The highest BCUT2D eigenvalue weighted by atomic mass is 19.4. The van der Waals surface area contributed by atoms with Crippen molar-refractivity contribution in [3.8, 4) is 11.3 Å². The number of aromatic nitrogens is 2. The molecule has 0 aliphatic rings. The second-order valence-corrected chi connectivity index (χ2v) is 5.64. The molecule has 0 fully saturated rings. The molecule has 6 heteroatoms. The average Bonchev–Trinajstić information content (AvgIpc) is 3.00. The van der Waals surface area contributed by atoms with Crippen molar-refractivity contribution in [3.05, 3.63) is 72.7 Å². The van der Waals surface area contributed by atoms with Crippen LogP contribution in [-0.4, -0.2) is 9.55 Å². The van der Waals surface area contributed by atoms with Gasteiger partial charge in [0.15, 0.2) is 0 Å². The highest BCUT2D eigenvalue weighted by Gasteiger charge is 2.30. The number of imidazole rings is 1. The quantitative estimate of drug-likeness (QED) is 0.678. The fourth-order valence-corrected chi connectivity index (χ4v) is 2.50. The standard InChI is InChI=1S/C19H16F3N3/c1-3-13-7-8-16(18-11-25(2)12-23-18)17(9-13)24-15-6-4-5-14(10-15)19(20,21)22/h3-12,24H,1H2,2H3. The van der Waals surface area contributed by atoms with E-state index in [-0.39, 0.29) is 0 Å². The number of alkyl halides is 3. The molecule has 1 aromatic heterocycles. The molecule has 2 aromatic carbocycles. The van der Waals surface area contributed by atoms with Gasteiger partial charge in [-0.1, -0.05) is 30.9 Å². The Balaban J connectivity index is 2.03. The van der Waals surface area contributed by atoms with E-state index >= 15 is 0 Å². The number of nitrogens with zero attached hydrogens (tertiary/aromatic N) is 2. The largest absolute Gasteiger partial charge is 0.416 e. The molecule has 0 aliphatic heterocycles. The van der Waals surface area contributed by atoms with E-state index in [1.807, 2.05) is 36.0 Å². The van der Waals surface area contributed by atoms with Crippen molar-refractivity contribution >= 4 is 17.5 Å². The van der Waals surface area contributed by atoms with Crippen LogP contribution in [0.25, 0.3) is 17.3 Å². The first-order chi connectivity index (χ1) is 11.9. The fourth-order valence-electron chi connectivity index (χ4n) is 2.50. The molecule has 0 saturated heterocycles. The summed E-state index contributed by atoms with van der Waals surface area (Å²) in [5, 5.41) is 3.07. The predicted octanol–water partition coefficient (Wildman–Crippen LogP) is 5.49. The maximum absolute atomic E-state index is 12.9. The number of rotatable bonds is 4. The van der Waals surface area contributed by atoms with Crippen LogP contribution in [0.4, 0.5) is 24.5 Å². The highest BCUT2D eigenvalue weighted by molar-refractivity contribution is 5.81. The first kappa shape index (κ1) is 16.8. The van der Waals surface area contributed by atoms with Gasteiger partial charge in [0, 0.05) is 30.2 Å². The van der Waals surface area contributed by atoms with E-state index in [1.165, 1.54) is 6.07 Å². The van der Waals surface area contributed by atoms with Crippen molar-refractivity contribution in [2.75, 3.05) is 5.32 Å². The van der Waals surface area contributed by atoms with Crippen molar-refractivity contribution in [2.45, 2.75) is 6.18 Å². The van der Waals surface area contributed by atoms with Crippen LogP contribution >= 0.6 is 0 Å². The number of aryl methyl sites for hydroxylation is 1. The molecular formula is C19H16F3N3. The van der Waals surface area contributed by atoms with Crippen molar-refractivity contribution in [3.63, 3.8) is 0 Å². The van der Waals surface area contributed by atoms with E-state index < -0.39 is 11.7 Å². The maximum atomic E-state index is 12.9. The lowest BCUT2D eigenvalue weighted by Crippen LogP contribution is -2.05. The predicted molar refractivity (Wildman–Crippen MR) is 93.5 cm³/mol. The second kappa shape index (κ2) is 6.47. The van der Waals surface area contributed by atoms with Crippen LogP contribution < -0.4 is 5.32 Å². The smallest absolute Gasteiger partial charge is 0.355 e. The Hall–Kier alpha value is -3.02. The van der Waals surface area contributed by atoms with Gasteiger partial charge in [-0.05, 0) is 29.8 Å². The molecule has 0 atom stereocenters. The maximum Gasteiger partial charge on any atom is 0.416 e. The minimum Gasteiger partial charge on any atom is -0.355 e. The number of halogens is 3. The number of nitrogens with one attached hydrogen (secondary N) is 1. The SMILES string of the molecule is C=Cc1ccc(-c2cn(C)cn2)c(Nc2cccc(C(F)(F)F)c2)c1. The summed E-state index contributed by atoms with van der Waals surface area (Å²) < 4.78 is 40.6. The third kappa shape index (κ3) is 3.74. The molecule has 1 heterocycles. The third-order valence-corrected chi connectivity index (χ3v) is 3.73. The molecule has 0 radical (unpaired) electrons. The zero-order chi connectivity index (χ0) is 18.0. The van der Waals surface area contributed by atoms with Gasteiger partial charge in [-0.3, -0.25) is 0 Å². The van der Waals surface area contributed by atoms with Gasteiger partial charge in [-0.25, -0.2) is 4.98 Å². The lowest BCUT2D eigenvalue weighted by atomic mass is 10.1. The normalized spacial score (nSPS) is 11.4. The van der Waals surface area contributed by atoms with Crippen LogP contribution in [0, 0.1) is 0 Å². The molecule has 3 aromatic rings. The van der Waals surface area contributed by atoms with E-state index in [9.17, 15) is 13.2 Å². The molecule has 3 nitrogen and oxygen atoms in total. The van der Waals surface area contributed by atoms with Crippen LogP contribution in [0.1, 0.15) is 11.1 Å². The Morgan fingerprint density at radius 1 is 1.16 bits per heavy atom. The second-order valence-electron chi connectivity index (χ2n) is 5.64. The van der Waals surface area contributed by atoms with Crippen molar-refractivity contribution in [1.82, 2.24) is 9.55 Å².